The van der Waals surface area contributed by atoms with Crippen LogP contribution in [0.15, 0.2) is 18.6 Å². The number of hydrogen-bond donors (Lipinski definition) is 1. The number of imidazole rings is 1. The summed E-state index contributed by atoms with van der Waals surface area (Å²) in [5.74, 6) is 1.35. The monoisotopic (exact) mass is 234 g/mol. The zero-order valence-electron chi connectivity index (χ0n) is 10.7. The summed E-state index contributed by atoms with van der Waals surface area (Å²) in [6.07, 6.45) is 5.52. The highest BCUT2D eigenvalue weighted by molar-refractivity contribution is 5.53. The molecule has 5 nitrogen and oxygen atoms in total. The Morgan fingerprint density at radius 2 is 2.18 bits per heavy atom. The minimum atomic E-state index is -0.287. The van der Waals surface area contributed by atoms with Crippen LogP contribution in [0.1, 0.15) is 27.7 Å². The van der Waals surface area contributed by atoms with Crippen molar-refractivity contribution in [1.29, 1.82) is 0 Å². The SMILES string of the molecule is CCNc1cn2ccnc2c(OC(C)(C)C)n1. The summed E-state index contributed by atoms with van der Waals surface area (Å²) in [7, 11) is 0. The van der Waals surface area contributed by atoms with Gasteiger partial charge in [0.15, 0.2) is 0 Å². The van der Waals surface area contributed by atoms with Gasteiger partial charge < -0.3 is 10.1 Å². The van der Waals surface area contributed by atoms with E-state index in [2.05, 4.69) is 15.3 Å². The first-order chi connectivity index (χ1) is 7.99. The number of fused-ring (bicyclic) bond motifs is 1. The summed E-state index contributed by atoms with van der Waals surface area (Å²) < 4.78 is 7.73. The van der Waals surface area contributed by atoms with Gasteiger partial charge in [0.25, 0.3) is 5.88 Å². The van der Waals surface area contributed by atoms with Crippen LogP contribution in [0.5, 0.6) is 5.88 Å². The molecular weight excluding hydrogens is 216 g/mol. The molecule has 0 aromatic carbocycles. The number of rotatable bonds is 3. The Bertz CT molecular complexity index is 513. The van der Waals surface area contributed by atoms with Gasteiger partial charge in [-0.1, -0.05) is 0 Å². The molecule has 2 aromatic heterocycles. The van der Waals surface area contributed by atoms with Gasteiger partial charge in [0, 0.05) is 18.9 Å². The largest absolute Gasteiger partial charge is 0.469 e. The van der Waals surface area contributed by atoms with Gasteiger partial charge in [-0.2, -0.15) is 4.98 Å². The van der Waals surface area contributed by atoms with E-state index in [-0.39, 0.29) is 5.60 Å². The Kier molecular flexibility index (Phi) is 2.92. The molecule has 0 fully saturated rings. The number of hydrogen-bond acceptors (Lipinski definition) is 4. The molecular formula is C12H18N4O. The molecule has 0 bridgehead atoms. The van der Waals surface area contributed by atoms with E-state index in [4.69, 9.17) is 4.74 Å². The lowest BCUT2D eigenvalue weighted by Crippen LogP contribution is -2.24. The van der Waals surface area contributed by atoms with E-state index in [1.807, 2.05) is 44.5 Å². The minimum Gasteiger partial charge on any atom is -0.469 e. The molecule has 0 atom stereocenters. The summed E-state index contributed by atoms with van der Waals surface area (Å²) in [5, 5.41) is 3.18. The third kappa shape index (κ3) is 2.67. The van der Waals surface area contributed by atoms with Crippen molar-refractivity contribution in [1.82, 2.24) is 14.4 Å². The van der Waals surface area contributed by atoms with Gasteiger partial charge in [-0.3, -0.25) is 4.40 Å². The molecule has 2 heterocycles. The van der Waals surface area contributed by atoms with Crippen molar-refractivity contribution in [2.24, 2.45) is 0 Å². The third-order valence-electron chi connectivity index (χ3n) is 2.10. The van der Waals surface area contributed by atoms with Gasteiger partial charge >= 0.3 is 0 Å². The van der Waals surface area contributed by atoms with Crippen molar-refractivity contribution in [3.63, 3.8) is 0 Å². The number of nitrogens with zero attached hydrogens (tertiary/aromatic N) is 3. The van der Waals surface area contributed by atoms with Crippen LogP contribution in [0.25, 0.3) is 5.65 Å². The predicted molar refractivity (Wildman–Crippen MR) is 67.5 cm³/mol. The predicted octanol–water partition coefficient (Wildman–Crippen LogP) is 2.34. The maximum absolute atomic E-state index is 5.83. The Labute approximate surface area is 101 Å². The summed E-state index contributed by atoms with van der Waals surface area (Å²) in [5.41, 5.74) is 0.450. The second-order valence-corrected chi connectivity index (χ2v) is 4.83. The van der Waals surface area contributed by atoms with Crippen LogP contribution < -0.4 is 10.1 Å². The molecule has 2 rings (SSSR count). The van der Waals surface area contributed by atoms with Gasteiger partial charge in [0.05, 0.1) is 6.20 Å². The molecule has 0 saturated heterocycles. The van der Waals surface area contributed by atoms with Crippen molar-refractivity contribution >= 4 is 11.5 Å². The van der Waals surface area contributed by atoms with Crippen LogP contribution in [-0.2, 0) is 0 Å². The van der Waals surface area contributed by atoms with Gasteiger partial charge in [-0.25, -0.2) is 4.98 Å². The van der Waals surface area contributed by atoms with E-state index in [1.54, 1.807) is 6.20 Å². The first-order valence-corrected chi connectivity index (χ1v) is 5.76. The van der Waals surface area contributed by atoms with Crippen molar-refractivity contribution in [3.8, 4) is 5.88 Å². The summed E-state index contributed by atoms with van der Waals surface area (Å²) in [6.45, 7) is 8.84. The number of aromatic nitrogens is 3. The Morgan fingerprint density at radius 1 is 1.41 bits per heavy atom. The van der Waals surface area contributed by atoms with Crippen molar-refractivity contribution in [2.75, 3.05) is 11.9 Å². The number of anilines is 1. The fourth-order valence-corrected chi connectivity index (χ4v) is 1.53. The lowest BCUT2D eigenvalue weighted by atomic mass is 10.2. The minimum absolute atomic E-state index is 0.287. The summed E-state index contributed by atoms with van der Waals surface area (Å²) >= 11 is 0. The van der Waals surface area contributed by atoms with Crippen LogP contribution in [0, 0.1) is 0 Å². The van der Waals surface area contributed by atoms with Gasteiger partial charge in [0.1, 0.15) is 11.4 Å². The number of ether oxygens (including phenoxy) is 1. The van der Waals surface area contributed by atoms with Gasteiger partial charge in [-0.15, -0.1) is 0 Å². The zero-order chi connectivity index (χ0) is 12.5. The van der Waals surface area contributed by atoms with E-state index >= 15 is 0 Å². The standard InChI is InChI=1S/C12H18N4O/c1-5-13-9-8-16-7-6-14-10(16)11(15-9)17-12(2,3)4/h6-8,13H,5H2,1-4H3. The van der Waals surface area contributed by atoms with Crippen molar-refractivity contribution < 1.29 is 4.74 Å². The molecule has 0 aliphatic rings. The molecule has 0 radical (unpaired) electrons. The fourth-order valence-electron chi connectivity index (χ4n) is 1.53. The lowest BCUT2D eigenvalue weighted by molar-refractivity contribution is 0.126. The lowest BCUT2D eigenvalue weighted by Gasteiger charge is -2.21. The van der Waals surface area contributed by atoms with Crippen LogP contribution in [0.2, 0.25) is 0 Å². The van der Waals surface area contributed by atoms with E-state index in [0.29, 0.717) is 5.88 Å². The topological polar surface area (TPSA) is 51.5 Å². The molecule has 0 spiro atoms. The summed E-state index contributed by atoms with van der Waals surface area (Å²) in [6, 6.07) is 0. The van der Waals surface area contributed by atoms with Gasteiger partial charge in [-0.05, 0) is 27.7 Å². The maximum Gasteiger partial charge on any atom is 0.260 e. The molecule has 0 aliphatic carbocycles. The normalized spacial score (nSPS) is 11.8. The second kappa shape index (κ2) is 4.24. The van der Waals surface area contributed by atoms with Crippen LogP contribution in [0.3, 0.4) is 0 Å². The van der Waals surface area contributed by atoms with E-state index < -0.39 is 0 Å². The smallest absolute Gasteiger partial charge is 0.260 e. The van der Waals surface area contributed by atoms with E-state index in [1.165, 1.54) is 0 Å². The second-order valence-electron chi connectivity index (χ2n) is 4.83. The molecule has 5 heteroatoms. The van der Waals surface area contributed by atoms with Gasteiger partial charge in [0.2, 0.25) is 5.65 Å². The Balaban J connectivity index is 2.47. The highest BCUT2D eigenvalue weighted by atomic mass is 16.5. The molecule has 0 saturated carbocycles. The van der Waals surface area contributed by atoms with Crippen LogP contribution >= 0.6 is 0 Å². The summed E-state index contributed by atoms with van der Waals surface area (Å²) in [4.78, 5) is 8.68. The van der Waals surface area contributed by atoms with Crippen molar-refractivity contribution in [2.45, 2.75) is 33.3 Å². The van der Waals surface area contributed by atoms with E-state index in [0.717, 1.165) is 18.0 Å². The molecule has 0 unspecified atom stereocenters. The molecule has 1 N–H and O–H groups in total. The van der Waals surface area contributed by atoms with Crippen LogP contribution in [0.4, 0.5) is 5.82 Å². The fraction of sp³-hybridized carbons (Fsp3) is 0.500. The van der Waals surface area contributed by atoms with Crippen molar-refractivity contribution in [3.05, 3.63) is 18.6 Å². The highest BCUT2D eigenvalue weighted by Crippen LogP contribution is 2.22. The molecule has 92 valence electrons. The van der Waals surface area contributed by atoms with Crippen LogP contribution in [-0.4, -0.2) is 26.5 Å². The highest BCUT2D eigenvalue weighted by Gasteiger charge is 2.17. The molecule has 17 heavy (non-hydrogen) atoms. The zero-order valence-corrected chi connectivity index (χ0v) is 10.7. The maximum atomic E-state index is 5.83. The molecule has 2 aromatic rings. The average molecular weight is 234 g/mol. The van der Waals surface area contributed by atoms with E-state index in [9.17, 15) is 0 Å². The number of nitrogens with one attached hydrogen (secondary N) is 1. The average Bonchev–Trinajstić information content (AvgIpc) is 2.63. The first kappa shape index (κ1) is 11.7. The Morgan fingerprint density at radius 3 is 2.82 bits per heavy atom. The Hall–Kier alpha value is -1.78. The quantitative estimate of drug-likeness (QED) is 0.885. The third-order valence-corrected chi connectivity index (χ3v) is 2.10. The first-order valence-electron chi connectivity index (χ1n) is 5.76. The molecule has 0 aliphatic heterocycles. The molecule has 0 amide bonds.